The standard InChI is InChI=1S/C10H11N5O3S/c11-10(16)13-7-2-1-3-8(6-7)15-19(17,18)9-4-5-12-14-9/h1-6,15H,(H,12,14)(H3,11,13,16). The van der Waals surface area contributed by atoms with Gasteiger partial charge in [0.1, 0.15) is 0 Å². The Morgan fingerprint density at radius 2 is 2.00 bits per heavy atom. The van der Waals surface area contributed by atoms with Gasteiger partial charge in [-0.2, -0.15) is 13.5 Å². The van der Waals surface area contributed by atoms with Crippen LogP contribution in [0, 0.1) is 0 Å². The predicted octanol–water partition coefficient (Wildman–Crippen LogP) is 0.701. The molecule has 0 aliphatic carbocycles. The van der Waals surface area contributed by atoms with Crippen molar-refractivity contribution in [2.24, 2.45) is 5.73 Å². The molecule has 0 unspecified atom stereocenters. The van der Waals surface area contributed by atoms with Gasteiger partial charge < -0.3 is 11.1 Å². The molecule has 0 aliphatic rings. The van der Waals surface area contributed by atoms with Gasteiger partial charge in [0.25, 0.3) is 10.0 Å². The number of carbonyl (C=O) groups is 1. The average Bonchev–Trinajstić information content (AvgIpc) is 2.81. The van der Waals surface area contributed by atoms with Crippen LogP contribution in [-0.4, -0.2) is 24.6 Å². The summed E-state index contributed by atoms with van der Waals surface area (Å²) in [6.45, 7) is 0. The van der Waals surface area contributed by atoms with Crippen LogP contribution in [0.25, 0.3) is 0 Å². The Morgan fingerprint density at radius 3 is 2.63 bits per heavy atom. The second-order valence-electron chi connectivity index (χ2n) is 3.60. The first-order chi connectivity index (χ1) is 8.97. The molecule has 8 nitrogen and oxygen atoms in total. The maximum absolute atomic E-state index is 11.9. The zero-order valence-electron chi connectivity index (χ0n) is 9.62. The molecule has 2 aromatic rings. The minimum absolute atomic E-state index is 0.0548. The molecule has 0 spiro atoms. The van der Waals surface area contributed by atoms with Gasteiger partial charge in [0.2, 0.25) is 0 Å². The Bertz CT molecular complexity index is 681. The number of aromatic amines is 1. The van der Waals surface area contributed by atoms with Crippen LogP contribution < -0.4 is 15.8 Å². The molecule has 0 radical (unpaired) electrons. The molecular weight excluding hydrogens is 270 g/mol. The third-order valence-corrected chi connectivity index (χ3v) is 3.46. The van der Waals surface area contributed by atoms with Crippen LogP contribution in [0.4, 0.5) is 16.2 Å². The fraction of sp³-hybridized carbons (Fsp3) is 0. The lowest BCUT2D eigenvalue weighted by molar-refractivity contribution is 0.259. The highest BCUT2D eigenvalue weighted by Crippen LogP contribution is 2.18. The van der Waals surface area contributed by atoms with Gasteiger partial charge >= 0.3 is 6.03 Å². The Balaban J connectivity index is 2.22. The summed E-state index contributed by atoms with van der Waals surface area (Å²) in [5, 5.41) is 8.22. The van der Waals surface area contributed by atoms with Crippen molar-refractivity contribution in [2.45, 2.75) is 5.03 Å². The van der Waals surface area contributed by atoms with Crippen molar-refractivity contribution in [1.82, 2.24) is 10.2 Å². The first kappa shape index (κ1) is 12.9. The highest BCUT2D eigenvalue weighted by atomic mass is 32.2. The maximum Gasteiger partial charge on any atom is 0.316 e. The Hall–Kier alpha value is -2.55. The van der Waals surface area contributed by atoms with Crippen LogP contribution in [0.5, 0.6) is 0 Å². The van der Waals surface area contributed by atoms with Crippen molar-refractivity contribution in [2.75, 3.05) is 10.0 Å². The van der Waals surface area contributed by atoms with Crippen molar-refractivity contribution in [3.8, 4) is 0 Å². The molecule has 0 atom stereocenters. The van der Waals surface area contributed by atoms with Gasteiger partial charge in [0.05, 0.1) is 11.9 Å². The summed E-state index contributed by atoms with van der Waals surface area (Å²) in [5.74, 6) is 0. The molecule has 100 valence electrons. The molecule has 9 heteroatoms. The quantitative estimate of drug-likeness (QED) is 0.657. The second-order valence-corrected chi connectivity index (χ2v) is 5.25. The number of benzene rings is 1. The van der Waals surface area contributed by atoms with E-state index in [1.54, 1.807) is 18.2 Å². The van der Waals surface area contributed by atoms with Crippen molar-refractivity contribution in [3.63, 3.8) is 0 Å². The molecule has 1 heterocycles. The number of rotatable bonds is 4. The molecule has 0 saturated carbocycles. The second kappa shape index (κ2) is 4.98. The van der Waals surface area contributed by atoms with Gasteiger partial charge in [-0.05, 0) is 24.3 Å². The summed E-state index contributed by atoms with van der Waals surface area (Å²) in [4.78, 5) is 10.7. The fourth-order valence-corrected chi connectivity index (χ4v) is 2.37. The molecule has 1 aromatic carbocycles. The number of aromatic nitrogens is 2. The molecule has 19 heavy (non-hydrogen) atoms. The van der Waals surface area contributed by atoms with E-state index in [0.717, 1.165) is 0 Å². The third-order valence-electron chi connectivity index (χ3n) is 2.15. The van der Waals surface area contributed by atoms with Crippen LogP contribution in [0.2, 0.25) is 0 Å². The van der Waals surface area contributed by atoms with E-state index in [0.29, 0.717) is 11.4 Å². The van der Waals surface area contributed by atoms with Crippen LogP contribution in [0.3, 0.4) is 0 Å². The number of primary amides is 1. The minimum Gasteiger partial charge on any atom is -0.351 e. The van der Waals surface area contributed by atoms with Gasteiger partial charge in [-0.25, -0.2) is 4.79 Å². The molecule has 0 aliphatic heterocycles. The van der Waals surface area contributed by atoms with E-state index >= 15 is 0 Å². The number of hydrogen-bond acceptors (Lipinski definition) is 4. The lowest BCUT2D eigenvalue weighted by Crippen LogP contribution is -2.19. The topological polar surface area (TPSA) is 130 Å². The number of sulfonamides is 1. The monoisotopic (exact) mass is 281 g/mol. The highest BCUT2D eigenvalue weighted by Gasteiger charge is 2.15. The molecule has 1 aromatic heterocycles. The van der Waals surface area contributed by atoms with Crippen LogP contribution in [0.15, 0.2) is 41.6 Å². The third kappa shape index (κ3) is 3.22. The van der Waals surface area contributed by atoms with Gasteiger partial charge in [0, 0.05) is 5.69 Å². The summed E-state index contributed by atoms with van der Waals surface area (Å²) in [5.41, 5.74) is 5.66. The summed E-state index contributed by atoms with van der Waals surface area (Å²) in [7, 11) is -3.73. The van der Waals surface area contributed by atoms with Gasteiger partial charge in [0.15, 0.2) is 5.03 Å². The number of H-pyrrole nitrogens is 1. The van der Waals surface area contributed by atoms with Crippen LogP contribution >= 0.6 is 0 Å². The largest absolute Gasteiger partial charge is 0.351 e. The fourth-order valence-electron chi connectivity index (χ4n) is 1.41. The lowest BCUT2D eigenvalue weighted by Gasteiger charge is -2.08. The molecule has 0 saturated heterocycles. The van der Waals surface area contributed by atoms with E-state index in [2.05, 4.69) is 20.2 Å². The van der Waals surface area contributed by atoms with Crippen molar-refractivity contribution in [3.05, 3.63) is 36.5 Å². The van der Waals surface area contributed by atoms with E-state index in [1.165, 1.54) is 18.3 Å². The first-order valence-corrected chi connectivity index (χ1v) is 6.64. The smallest absolute Gasteiger partial charge is 0.316 e. The average molecular weight is 281 g/mol. The molecular formula is C10H11N5O3S. The summed E-state index contributed by atoms with van der Waals surface area (Å²) in [6.07, 6.45) is 1.33. The number of nitrogens with one attached hydrogen (secondary N) is 3. The van der Waals surface area contributed by atoms with Gasteiger partial charge in [-0.15, -0.1) is 0 Å². The summed E-state index contributed by atoms with van der Waals surface area (Å²) < 4.78 is 26.1. The SMILES string of the molecule is NC(=O)Nc1cccc(NS(=O)(=O)c2ccn[nH]2)c1. The first-order valence-electron chi connectivity index (χ1n) is 5.16. The Labute approximate surface area is 109 Å². The number of carbonyl (C=O) groups excluding carboxylic acids is 1. The van der Waals surface area contributed by atoms with Crippen LogP contribution in [-0.2, 0) is 10.0 Å². The zero-order chi connectivity index (χ0) is 13.9. The number of nitrogens with two attached hydrogens (primary N) is 1. The molecule has 0 fully saturated rings. The number of anilines is 2. The van der Waals surface area contributed by atoms with E-state index in [9.17, 15) is 13.2 Å². The normalized spacial score (nSPS) is 10.9. The molecule has 2 rings (SSSR count). The molecule has 5 N–H and O–H groups in total. The lowest BCUT2D eigenvalue weighted by atomic mass is 10.3. The van der Waals surface area contributed by atoms with E-state index < -0.39 is 16.1 Å². The van der Waals surface area contributed by atoms with E-state index in [-0.39, 0.29) is 5.03 Å². The van der Waals surface area contributed by atoms with Crippen LogP contribution in [0.1, 0.15) is 0 Å². The van der Waals surface area contributed by atoms with E-state index in [4.69, 9.17) is 5.73 Å². The number of urea groups is 1. The maximum atomic E-state index is 11.9. The Morgan fingerprint density at radius 1 is 1.26 bits per heavy atom. The van der Waals surface area contributed by atoms with Crippen molar-refractivity contribution < 1.29 is 13.2 Å². The number of nitrogens with zero attached hydrogens (tertiary/aromatic N) is 1. The summed E-state index contributed by atoms with van der Waals surface area (Å²) in [6, 6.07) is 6.75. The predicted molar refractivity (Wildman–Crippen MR) is 69.0 cm³/mol. The van der Waals surface area contributed by atoms with Gasteiger partial charge in [-0.1, -0.05) is 6.07 Å². The Kier molecular flexibility index (Phi) is 3.38. The van der Waals surface area contributed by atoms with Crippen molar-refractivity contribution in [1.29, 1.82) is 0 Å². The van der Waals surface area contributed by atoms with Crippen molar-refractivity contribution >= 4 is 27.4 Å². The van der Waals surface area contributed by atoms with Gasteiger partial charge in [-0.3, -0.25) is 9.82 Å². The minimum atomic E-state index is -3.73. The number of amides is 2. The summed E-state index contributed by atoms with van der Waals surface area (Å²) >= 11 is 0. The van der Waals surface area contributed by atoms with E-state index in [1.807, 2.05) is 0 Å². The molecule has 0 bridgehead atoms. The highest BCUT2D eigenvalue weighted by molar-refractivity contribution is 7.92. The zero-order valence-corrected chi connectivity index (χ0v) is 10.4. The molecule has 2 amide bonds. The number of hydrogen-bond donors (Lipinski definition) is 4.